The Hall–Kier alpha value is -3.55. The average Bonchev–Trinajstić information content (AvgIpc) is 3.00. The van der Waals surface area contributed by atoms with E-state index in [1.165, 1.54) is 26.2 Å². The summed E-state index contributed by atoms with van der Waals surface area (Å²) in [4.78, 5) is 53.2. The number of carbonyl (C=O) groups excluding carboxylic acids is 2. The van der Waals surface area contributed by atoms with Gasteiger partial charge in [-0.2, -0.15) is 0 Å². The second-order valence-corrected chi connectivity index (χ2v) is 14.4. The van der Waals surface area contributed by atoms with Crippen LogP contribution in [0.3, 0.4) is 0 Å². The molecule has 4 saturated carbocycles. The van der Waals surface area contributed by atoms with Gasteiger partial charge in [0.2, 0.25) is 23.3 Å². The third kappa shape index (κ3) is 7.94. The Morgan fingerprint density at radius 1 is 0.980 bits per heavy atom. The summed E-state index contributed by atoms with van der Waals surface area (Å²) in [5.41, 5.74) is 3.69. The average molecular weight is 697 g/mol. The van der Waals surface area contributed by atoms with Crippen molar-refractivity contribution in [2.75, 3.05) is 13.2 Å². The summed E-state index contributed by atoms with van der Waals surface area (Å²) in [7, 11) is 0. The molecule has 2 amide bonds. The molecule has 1 saturated heterocycles. The number of carboxylic acids is 2. The van der Waals surface area contributed by atoms with Crippen molar-refractivity contribution in [3.63, 3.8) is 0 Å². The topological polar surface area (TPSA) is 295 Å². The van der Waals surface area contributed by atoms with Gasteiger partial charge in [-0.3, -0.25) is 9.59 Å². The maximum Gasteiger partial charge on any atom is 0.370 e. The number of nitrogens with zero attached hydrogens (tertiary/aromatic N) is 1. The van der Waals surface area contributed by atoms with Gasteiger partial charge in [0.25, 0.3) is 0 Å². The number of amides is 2. The van der Waals surface area contributed by atoms with Crippen LogP contribution in [-0.2, 0) is 28.7 Å². The van der Waals surface area contributed by atoms with Crippen LogP contribution in [0, 0.1) is 17.8 Å². The molecule has 18 nitrogen and oxygen atoms in total. The molecular weight excluding hydrogens is 648 g/mol. The number of aliphatic carboxylic acids is 2. The first-order chi connectivity index (χ1) is 23.0. The molecule has 9 unspecified atom stereocenters. The summed E-state index contributed by atoms with van der Waals surface area (Å²) in [6, 6.07) is -3.72. The van der Waals surface area contributed by atoms with E-state index in [0.717, 1.165) is 32.3 Å². The molecule has 18 heteroatoms. The minimum atomic E-state index is -2.37. The van der Waals surface area contributed by atoms with Crippen LogP contribution in [-0.4, -0.2) is 133 Å². The Labute approximate surface area is 282 Å². The molecule has 0 spiro atoms. The smallest absolute Gasteiger partial charge is 0.370 e. The molecule has 4 aliphatic carbocycles. The molecule has 2 aliphatic heterocycles. The fraction of sp³-hybridized carbons (Fsp3) is 0.774. The Kier molecular flexibility index (Phi) is 10.8. The number of guanidine groups is 1. The molecule has 9 atom stereocenters. The highest BCUT2D eigenvalue weighted by Crippen LogP contribution is 2.55. The standard InChI is InChI=1S/C31H48N6O12/c1-13(39)34-23-18(6-21(27(44)45)48-26(23)25(43)20(42)12-38)36-29(32)37-31(28(46)47)10-19(41)24(35-14(2)40)22(49-31)11-33-30-7-15-3-16(8-30)5-17(4-15)9-30/h6,15-20,22-26,33,38,41-43H,3-5,7-12H2,1-2H3,(H,34,39)(H,35,40)(H,44,45)(H,46,47)(H3,32,36,37). The lowest BCUT2D eigenvalue weighted by Gasteiger charge is -2.57. The number of carboxylic acid groups (broad SMARTS) is 2. The summed E-state index contributed by atoms with van der Waals surface area (Å²) in [6.07, 6.45) is -0.802. The summed E-state index contributed by atoms with van der Waals surface area (Å²) < 4.78 is 11.5. The number of aliphatic hydroxyl groups excluding tert-OH is 4. The highest BCUT2D eigenvalue weighted by molar-refractivity contribution is 5.88. The molecule has 12 N–H and O–H groups in total. The largest absolute Gasteiger partial charge is 0.478 e. The zero-order valence-corrected chi connectivity index (χ0v) is 27.4. The molecule has 5 fully saturated rings. The minimum absolute atomic E-state index is 0.115. The molecule has 49 heavy (non-hydrogen) atoms. The predicted octanol–water partition coefficient (Wildman–Crippen LogP) is -3.16. The Morgan fingerprint density at radius 2 is 1.55 bits per heavy atom. The number of nitrogens with one attached hydrogen (secondary N) is 4. The molecule has 2 heterocycles. The van der Waals surface area contributed by atoms with Crippen molar-refractivity contribution < 1.29 is 59.3 Å². The predicted molar refractivity (Wildman–Crippen MR) is 168 cm³/mol. The van der Waals surface area contributed by atoms with Gasteiger partial charge in [0.15, 0.2) is 5.96 Å². The summed E-state index contributed by atoms with van der Waals surface area (Å²) >= 11 is 0. The molecule has 4 bridgehead atoms. The number of carbonyl (C=O) groups is 4. The maximum absolute atomic E-state index is 12.9. The fourth-order valence-corrected chi connectivity index (χ4v) is 8.92. The van der Waals surface area contributed by atoms with Crippen molar-refractivity contribution in [2.45, 2.75) is 119 Å². The third-order valence-corrected chi connectivity index (χ3v) is 10.5. The quantitative estimate of drug-likeness (QED) is 0.0709. The first kappa shape index (κ1) is 36.7. The van der Waals surface area contributed by atoms with Crippen LogP contribution in [0.15, 0.2) is 16.8 Å². The van der Waals surface area contributed by atoms with Crippen molar-refractivity contribution in [3.8, 4) is 0 Å². The number of hydrogen-bond acceptors (Lipinski definition) is 12. The van der Waals surface area contributed by atoms with E-state index in [9.17, 15) is 49.8 Å². The highest BCUT2D eigenvalue weighted by Gasteiger charge is 2.55. The first-order valence-corrected chi connectivity index (χ1v) is 16.6. The number of nitrogens with two attached hydrogens (primary N) is 1. The molecule has 0 aromatic rings. The molecule has 274 valence electrons. The lowest BCUT2D eigenvalue weighted by Crippen LogP contribution is -2.71. The second-order valence-electron chi connectivity index (χ2n) is 14.4. The van der Waals surface area contributed by atoms with Crippen LogP contribution in [0.2, 0.25) is 0 Å². The van der Waals surface area contributed by atoms with E-state index < -0.39 is 103 Å². The number of ether oxygens (including phenoxy) is 2. The second kappa shape index (κ2) is 14.4. The van der Waals surface area contributed by atoms with Gasteiger partial charge in [-0.25, -0.2) is 14.6 Å². The van der Waals surface area contributed by atoms with Crippen molar-refractivity contribution in [1.82, 2.24) is 21.3 Å². The summed E-state index contributed by atoms with van der Waals surface area (Å²) in [5.74, 6) is -3.70. The number of aliphatic hydroxyl groups is 4. The van der Waals surface area contributed by atoms with Gasteiger partial charge >= 0.3 is 11.9 Å². The number of rotatable bonds is 12. The molecule has 6 rings (SSSR count). The Morgan fingerprint density at radius 3 is 2.06 bits per heavy atom. The zero-order valence-electron chi connectivity index (χ0n) is 27.4. The summed E-state index contributed by atoms with van der Waals surface area (Å²) in [6.45, 7) is 1.60. The van der Waals surface area contributed by atoms with E-state index in [0.29, 0.717) is 17.8 Å². The van der Waals surface area contributed by atoms with E-state index in [4.69, 9.17) is 15.2 Å². The van der Waals surface area contributed by atoms with Crippen LogP contribution in [0.5, 0.6) is 0 Å². The normalized spacial score (nSPS) is 39.6. The first-order valence-electron chi connectivity index (χ1n) is 16.6. The Balaban J connectivity index is 1.42. The van der Waals surface area contributed by atoms with Gasteiger partial charge in [-0.1, -0.05) is 0 Å². The van der Waals surface area contributed by atoms with Crippen LogP contribution in [0.1, 0.15) is 58.8 Å². The molecule has 6 aliphatic rings. The number of aliphatic imine (C=N–C) groups is 1. The van der Waals surface area contributed by atoms with Crippen LogP contribution < -0.4 is 27.0 Å². The third-order valence-electron chi connectivity index (χ3n) is 10.5. The SMILES string of the molecule is CC(=O)NC1C(O)CC(NC(N)=NC2C=C(C(=O)O)OC(C(O)C(O)CO)C2NC(C)=O)(C(=O)O)OC1CNC12CC3CC(CC(C3)C1)C2. The van der Waals surface area contributed by atoms with Crippen molar-refractivity contribution in [2.24, 2.45) is 28.5 Å². The molecule has 0 aromatic heterocycles. The van der Waals surface area contributed by atoms with Gasteiger partial charge in [0, 0.05) is 32.4 Å². The minimum Gasteiger partial charge on any atom is -0.478 e. The monoisotopic (exact) mass is 696 g/mol. The van der Waals surface area contributed by atoms with Crippen molar-refractivity contribution in [1.29, 1.82) is 0 Å². The van der Waals surface area contributed by atoms with E-state index in [1.807, 2.05) is 0 Å². The number of hydrogen-bond donors (Lipinski definition) is 11. The van der Waals surface area contributed by atoms with E-state index in [-0.39, 0.29) is 12.1 Å². The summed E-state index contributed by atoms with van der Waals surface area (Å²) in [5, 5.41) is 72.8. The van der Waals surface area contributed by atoms with Crippen LogP contribution in [0.25, 0.3) is 0 Å². The van der Waals surface area contributed by atoms with E-state index >= 15 is 0 Å². The Bertz CT molecular complexity index is 1320. The van der Waals surface area contributed by atoms with E-state index in [1.54, 1.807) is 0 Å². The van der Waals surface area contributed by atoms with E-state index in [2.05, 4.69) is 26.3 Å². The van der Waals surface area contributed by atoms with Crippen LogP contribution >= 0.6 is 0 Å². The lowest BCUT2D eigenvalue weighted by molar-refractivity contribution is -0.208. The van der Waals surface area contributed by atoms with Gasteiger partial charge < -0.3 is 67.1 Å². The highest BCUT2D eigenvalue weighted by atomic mass is 16.6. The van der Waals surface area contributed by atoms with Gasteiger partial charge in [0.05, 0.1) is 36.9 Å². The van der Waals surface area contributed by atoms with Crippen molar-refractivity contribution in [3.05, 3.63) is 11.8 Å². The fourth-order valence-electron chi connectivity index (χ4n) is 8.92. The zero-order chi connectivity index (χ0) is 35.8. The lowest BCUT2D eigenvalue weighted by atomic mass is 9.53. The van der Waals surface area contributed by atoms with Crippen LogP contribution in [0.4, 0.5) is 0 Å². The van der Waals surface area contributed by atoms with Crippen molar-refractivity contribution >= 4 is 29.7 Å². The molecule has 0 aromatic carbocycles. The molecular formula is C31H48N6O12. The maximum atomic E-state index is 12.9. The van der Waals surface area contributed by atoms with Gasteiger partial charge in [-0.05, 0) is 62.4 Å². The van der Waals surface area contributed by atoms with Gasteiger partial charge in [0.1, 0.15) is 18.3 Å². The molecule has 0 radical (unpaired) electrons. The van der Waals surface area contributed by atoms with Gasteiger partial charge in [-0.15, -0.1) is 0 Å².